The standard InChI is InChI=1S/C41H54O7Si/c1-41(2,3)49(4,5)48-31-37(43)39(46-28-34-22-14-8-15-23-34)40(47-29-35-24-16-9-17-25-35)38(45-27-33-20-12-7-13-21-33)36(42)30-44-26-32-18-10-6-11-19-32/h6-25,36-40,42-43H,26-31H2,1-5H3/t36-,37+,38-,39+,40+/m1/s1. The largest absolute Gasteiger partial charge is 0.414 e. The Kier molecular flexibility index (Phi) is 15.2. The van der Waals surface area contributed by atoms with E-state index in [4.69, 9.17) is 23.4 Å². The van der Waals surface area contributed by atoms with Crippen molar-refractivity contribution in [2.75, 3.05) is 13.2 Å². The number of benzene rings is 4. The van der Waals surface area contributed by atoms with Crippen LogP contribution in [0.2, 0.25) is 18.1 Å². The zero-order valence-electron chi connectivity index (χ0n) is 29.6. The maximum absolute atomic E-state index is 11.9. The molecule has 49 heavy (non-hydrogen) atoms. The highest BCUT2D eigenvalue weighted by atomic mass is 28.4. The van der Waals surface area contributed by atoms with Crippen LogP contribution in [0.3, 0.4) is 0 Å². The summed E-state index contributed by atoms with van der Waals surface area (Å²) in [6.45, 7) is 11.8. The molecule has 0 saturated heterocycles. The third-order valence-corrected chi connectivity index (χ3v) is 13.6. The monoisotopic (exact) mass is 686 g/mol. The van der Waals surface area contributed by atoms with Crippen molar-refractivity contribution in [3.8, 4) is 0 Å². The highest BCUT2D eigenvalue weighted by Gasteiger charge is 2.43. The molecule has 0 aromatic heterocycles. The summed E-state index contributed by atoms with van der Waals surface area (Å²) in [6.07, 6.45) is -4.94. The van der Waals surface area contributed by atoms with Gasteiger partial charge in [-0.1, -0.05) is 142 Å². The lowest BCUT2D eigenvalue weighted by Gasteiger charge is -2.40. The van der Waals surface area contributed by atoms with E-state index in [9.17, 15) is 10.2 Å². The van der Waals surface area contributed by atoms with Gasteiger partial charge in [0.1, 0.15) is 30.5 Å². The molecule has 0 bridgehead atoms. The molecule has 4 rings (SSSR count). The second-order valence-electron chi connectivity index (χ2n) is 14.0. The van der Waals surface area contributed by atoms with E-state index in [1.54, 1.807) is 0 Å². The van der Waals surface area contributed by atoms with E-state index in [1.807, 2.05) is 121 Å². The van der Waals surface area contributed by atoms with Gasteiger partial charge in [-0.05, 0) is 40.4 Å². The van der Waals surface area contributed by atoms with Gasteiger partial charge in [0.15, 0.2) is 8.32 Å². The molecule has 0 spiro atoms. The van der Waals surface area contributed by atoms with Crippen LogP contribution in [-0.4, -0.2) is 62.3 Å². The maximum atomic E-state index is 11.9. The van der Waals surface area contributed by atoms with Gasteiger partial charge in [0.05, 0.1) is 39.6 Å². The molecule has 7 nitrogen and oxygen atoms in total. The van der Waals surface area contributed by atoms with Gasteiger partial charge in [0.25, 0.3) is 0 Å². The number of aliphatic hydroxyl groups is 2. The number of ether oxygens (including phenoxy) is 4. The fourth-order valence-corrected chi connectivity index (χ4v) is 6.12. The van der Waals surface area contributed by atoms with Gasteiger partial charge in [0, 0.05) is 0 Å². The number of aliphatic hydroxyl groups excluding tert-OH is 2. The lowest BCUT2D eigenvalue weighted by atomic mass is 9.98. The Morgan fingerprint density at radius 1 is 0.490 bits per heavy atom. The number of hydrogen-bond acceptors (Lipinski definition) is 7. The minimum absolute atomic E-state index is 0.0124. The number of rotatable bonds is 20. The van der Waals surface area contributed by atoms with Crippen LogP contribution in [0.5, 0.6) is 0 Å². The van der Waals surface area contributed by atoms with E-state index in [0.29, 0.717) is 6.61 Å². The SMILES string of the molecule is CC(C)(C)[Si](C)(C)OC[C@H](O)[C@H](OCc1ccccc1)[C@@H](OCc1ccccc1)[C@H](OCc1ccccc1)[C@H](O)COCc1ccccc1. The maximum Gasteiger partial charge on any atom is 0.192 e. The lowest BCUT2D eigenvalue weighted by Crippen LogP contribution is -2.55. The molecule has 0 aliphatic carbocycles. The van der Waals surface area contributed by atoms with Crippen LogP contribution in [0.25, 0.3) is 0 Å². The Balaban J connectivity index is 1.67. The van der Waals surface area contributed by atoms with Gasteiger partial charge in [-0.25, -0.2) is 0 Å². The molecule has 0 radical (unpaired) electrons. The lowest BCUT2D eigenvalue weighted by molar-refractivity contribution is -0.208. The van der Waals surface area contributed by atoms with Crippen molar-refractivity contribution < 1.29 is 33.6 Å². The third-order valence-electron chi connectivity index (χ3n) is 9.08. The predicted molar refractivity (Wildman–Crippen MR) is 196 cm³/mol. The molecule has 0 heterocycles. The highest BCUT2D eigenvalue weighted by molar-refractivity contribution is 6.74. The molecule has 8 heteroatoms. The Hall–Kier alpha value is -3.18. The smallest absolute Gasteiger partial charge is 0.192 e. The molecule has 0 aliphatic heterocycles. The molecule has 0 amide bonds. The van der Waals surface area contributed by atoms with Crippen molar-refractivity contribution in [2.45, 2.75) is 95.9 Å². The van der Waals surface area contributed by atoms with Crippen LogP contribution in [0.1, 0.15) is 43.0 Å². The van der Waals surface area contributed by atoms with E-state index in [-0.39, 0.29) is 38.1 Å². The molecule has 0 saturated carbocycles. The van der Waals surface area contributed by atoms with Gasteiger partial charge in [-0.3, -0.25) is 0 Å². The van der Waals surface area contributed by atoms with E-state index < -0.39 is 38.8 Å². The summed E-state index contributed by atoms with van der Waals surface area (Å²) in [5.41, 5.74) is 3.82. The topological polar surface area (TPSA) is 86.6 Å². The molecule has 0 aliphatic rings. The first-order chi connectivity index (χ1) is 23.5. The average Bonchev–Trinajstić information content (AvgIpc) is 3.10. The Morgan fingerprint density at radius 3 is 1.18 bits per heavy atom. The van der Waals surface area contributed by atoms with E-state index in [1.165, 1.54) is 0 Å². The van der Waals surface area contributed by atoms with E-state index in [0.717, 1.165) is 22.3 Å². The third kappa shape index (κ3) is 12.6. The van der Waals surface area contributed by atoms with Crippen molar-refractivity contribution in [1.82, 2.24) is 0 Å². The second-order valence-corrected chi connectivity index (χ2v) is 18.8. The fourth-order valence-electron chi connectivity index (χ4n) is 5.10. The minimum Gasteiger partial charge on any atom is -0.414 e. The van der Waals surface area contributed by atoms with Crippen molar-refractivity contribution in [3.05, 3.63) is 144 Å². The Bertz CT molecular complexity index is 1450. The first-order valence-corrected chi connectivity index (χ1v) is 20.0. The summed E-state index contributed by atoms with van der Waals surface area (Å²) in [7, 11) is -2.22. The number of hydrogen-bond donors (Lipinski definition) is 2. The van der Waals surface area contributed by atoms with Crippen LogP contribution in [0.4, 0.5) is 0 Å². The molecule has 0 fully saturated rings. The Morgan fingerprint density at radius 2 is 0.816 bits per heavy atom. The first-order valence-electron chi connectivity index (χ1n) is 17.1. The molecule has 5 atom stereocenters. The quantitative estimate of drug-likeness (QED) is 0.0922. The van der Waals surface area contributed by atoms with Gasteiger partial charge < -0.3 is 33.6 Å². The van der Waals surface area contributed by atoms with E-state index in [2.05, 4.69) is 33.9 Å². The molecule has 2 N–H and O–H groups in total. The van der Waals surface area contributed by atoms with Crippen LogP contribution in [0, 0.1) is 0 Å². The van der Waals surface area contributed by atoms with Crippen molar-refractivity contribution in [1.29, 1.82) is 0 Å². The average molecular weight is 687 g/mol. The molecule has 4 aromatic rings. The summed E-state index contributed by atoms with van der Waals surface area (Å²) in [4.78, 5) is 0. The van der Waals surface area contributed by atoms with Crippen LogP contribution in [0.15, 0.2) is 121 Å². The Labute approximate surface area is 293 Å². The fraction of sp³-hybridized carbons (Fsp3) is 0.415. The summed E-state index contributed by atoms with van der Waals surface area (Å²) >= 11 is 0. The predicted octanol–water partition coefficient (Wildman–Crippen LogP) is 7.70. The summed E-state index contributed by atoms with van der Waals surface area (Å²) < 4.78 is 32.3. The van der Waals surface area contributed by atoms with Gasteiger partial charge in [0.2, 0.25) is 0 Å². The van der Waals surface area contributed by atoms with Gasteiger partial charge in [-0.2, -0.15) is 0 Å². The zero-order chi connectivity index (χ0) is 35.1. The summed E-state index contributed by atoms with van der Waals surface area (Å²) in [5.74, 6) is 0. The van der Waals surface area contributed by atoms with Crippen LogP contribution in [-0.2, 0) is 49.8 Å². The van der Waals surface area contributed by atoms with Crippen molar-refractivity contribution >= 4 is 8.32 Å². The molecular formula is C41H54O7Si. The van der Waals surface area contributed by atoms with Crippen LogP contribution >= 0.6 is 0 Å². The molecule has 264 valence electrons. The zero-order valence-corrected chi connectivity index (χ0v) is 30.6. The minimum atomic E-state index is -2.22. The second kappa shape index (κ2) is 19.3. The summed E-state index contributed by atoms with van der Waals surface area (Å²) in [6, 6.07) is 39.2. The molecular weight excluding hydrogens is 633 g/mol. The van der Waals surface area contributed by atoms with Crippen LogP contribution < -0.4 is 0 Å². The normalized spacial score (nSPS) is 15.3. The van der Waals surface area contributed by atoms with Gasteiger partial charge in [-0.15, -0.1) is 0 Å². The van der Waals surface area contributed by atoms with E-state index >= 15 is 0 Å². The summed E-state index contributed by atoms with van der Waals surface area (Å²) in [5, 5.41) is 23.7. The first kappa shape index (κ1) is 38.6. The molecule has 0 unspecified atom stereocenters. The van der Waals surface area contributed by atoms with Crippen molar-refractivity contribution in [2.24, 2.45) is 0 Å². The highest BCUT2D eigenvalue weighted by Crippen LogP contribution is 2.37. The molecule has 4 aromatic carbocycles. The van der Waals surface area contributed by atoms with Gasteiger partial charge >= 0.3 is 0 Å². The van der Waals surface area contributed by atoms with Crippen molar-refractivity contribution in [3.63, 3.8) is 0 Å².